The lowest BCUT2D eigenvalue weighted by Crippen LogP contribution is -2.63. The third kappa shape index (κ3) is 2.05. The standard InChI is InChI=1S/C12H24N2O/c1-14-7-8-15-10-12(14,9-13)11-5-3-2-4-6-11/h11H,2-10,13H2,1H3. The van der Waals surface area contributed by atoms with Gasteiger partial charge in [-0.2, -0.15) is 0 Å². The molecule has 0 radical (unpaired) electrons. The topological polar surface area (TPSA) is 38.5 Å². The van der Waals surface area contributed by atoms with Gasteiger partial charge in [-0.25, -0.2) is 0 Å². The molecule has 0 spiro atoms. The van der Waals surface area contributed by atoms with Gasteiger partial charge >= 0.3 is 0 Å². The summed E-state index contributed by atoms with van der Waals surface area (Å²) in [6.45, 7) is 3.48. The van der Waals surface area contributed by atoms with Gasteiger partial charge in [0.05, 0.1) is 18.8 Å². The van der Waals surface area contributed by atoms with Gasteiger partial charge < -0.3 is 10.5 Å². The molecule has 1 aliphatic carbocycles. The van der Waals surface area contributed by atoms with Crippen LogP contribution in [0.3, 0.4) is 0 Å². The Balaban J connectivity index is 2.10. The van der Waals surface area contributed by atoms with E-state index < -0.39 is 0 Å². The number of hydrogen-bond acceptors (Lipinski definition) is 3. The molecule has 1 saturated carbocycles. The van der Waals surface area contributed by atoms with Gasteiger partial charge in [-0.1, -0.05) is 19.3 Å². The molecular formula is C12H24N2O. The summed E-state index contributed by atoms with van der Waals surface area (Å²) in [6, 6.07) is 0. The van der Waals surface area contributed by atoms with Crippen LogP contribution >= 0.6 is 0 Å². The van der Waals surface area contributed by atoms with Gasteiger partial charge in [-0.3, -0.25) is 4.90 Å². The minimum atomic E-state index is 0.138. The monoisotopic (exact) mass is 212 g/mol. The van der Waals surface area contributed by atoms with Crippen LogP contribution in [0.2, 0.25) is 0 Å². The zero-order chi connectivity index (χ0) is 10.7. The van der Waals surface area contributed by atoms with Crippen LogP contribution in [0.4, 0.5) is 0 Å². The molecule has 2 N–H and O–H groups in total. The maximum absolute atomic E-state index is 6.04. The normalized spacial score (nSPS) is 35.6. The van der Waals surface area contributed by atoms with Crippen molar-refractivity contribution in [3.05, 3.63) is 0 Å². The van der Waals surface area contributed by atoms with Crippen LogP contribution in [-0.4, -0.2) is 43.8 Å². The number of likely N-dealkylation sites (N-methyl/N-ethyl adjacent to an activating group) is 1. The second kappa shape index (κ2) is 4.81. The minimum absolute atomic E-state index is 0.138. The van der Waals surface area contributed by atoms with E-state index in [2.05, 4.69) is 11.9 Å². The molecule has 15 heavy (non-hydrogen) atoms. The summed E-state index contributed by atoms with van der Waals surface area (Å²) in [5.41, 5.74) is 6.18. The molecule has 0 amide bonds. The van der Waals surface area contributed by atoms with Gasteiger partial charge in [0.15, 0.2) is 0 Å². The Labute approximate surface area is 93.0 Å². The van der Waals surface area contributed by atoms with Crippen molar-refractivity contribution in [3.63, 3.8) is 0 Å². The van der Waals surface area contributed by atoms with Crippen LogP contribution in [0.5, 0.6) is 0 Å². The highest BCUT2D eigenvalue weighted by molar-refractivity contribution is 4.99. The molecule has 3 heteroatoms. The second-order valence-corrected chi connectivity index (χ2v) is 5.12. The average molecular weight is 212 g/mol. The first-order valence-electron chi connectivity index (χ1n) is 6.28. The number of nitrogens with two attached hydrogens (primary N) is 1. The summed E-state index contributed by atoms with van der Waals surface area (Å²) in [5, 5.41) is 0. The summed E-state index contributed by atoms with van der Waals surface area (Å²) in [7, 11) is 2.21. The van der Waals surface area contributed by atoms with E-state index in [4.69, 9.17) is 10.5 Å². The molecule has 0 aromatic carbocycles. The molecule has 1 saturated heterocycles. The fourth-order valence-electron chi connectivity index (χ4n) is 3.23. The van der Waals surface area contributed by atoms with E-state index in [9.17, 15) is 0 Å². The Kier molecular flexibility index (Phi) is 3.65. The molecule has 0 bridgehead atoms. The van der Waals surface area contributed by atoms with Crippen LogP contribution in [0.25, 0.3) is 0 Å². The fraction of sp³-hybridized carbons (Fsp3) is 1.00. The maximum Gasteiger partial charge on any atom is 0.0666 e. The third-order valence-electron chi connectivity index (χ3n) is 4.40. The SMILES string of the molecule is CN1CCOCC1(CN)C1CCCCC1. The molecule has 2 rings (SSSR count). The van der Waals surface area contributed by atoms with Crippen LogP contribution < -0.4 is 5.73 Å². The first-order valence-corrected chi connectivity index (χ1v) is 6.28. The Morgan fingerprint density at radius 3 is 2.67 bits per heavy atom. The maximum atomic E-state index is 6.04. The Morgan fingerprint density at radius 2 is 2.07 bits per heavy atom. The van der Waals surface area contributed by atoms with Gasteiger partial charge in [0.2, 0.25) is 0 Å². The highest BCUT2D eigenvalue weighted by atomic mass is 16.5. The summed E-state index contributed by atoms with van der Waals surface area (Å²) in [5.74, 6) is 0.751. The predicted molar refractivity (Wildman–Crippen MR) is 61.8 cm³/mol. The number of hydrogen-bond donors (Lipinski definition) is 1. The molecule has 1 unspecified atom stereocenters. The molecule has 2 fully saturated rings. The molecule has 1 atom stereocenters. The Bertz CT molecular complexity index is 204. The summed E-state index contributed by atoms with van der Waals surface area (Å²) in [4.78, 5) is 2.45. The van der Waals surface area contributed by atoms with E-state index in [0.717, 1.165) is 32.2 Å². The van der Waals surface area contributed by atoms with Crippen molar-refractivity contribution in [1.82, 2.24) is 4.90 Å². The van der Waals surface area contributed by atoms with Crippen molar-refractivity contribution in [2.45, 2.75) is 37.6 Å². The van der Waals surface area contributed by atoms with Crippen LogP contribution in [0.1, 0.15) is 32.1 Å². The van der Waals surface area contributed by atoms with Gasteiger partial charge in [-0.05, 0) is 25.8 Å². The van der Waals surface area contributed by atoms with E-state index in [1.54, 1.807) is 0 Å². The molecule has 1 aliphatic heterocycles. The van der Waals surface area contributed by atoms with E-state index in [0.29, 0.717) is 0 Å². The number of morpholine rings is 1. The lowest BCUT2D eigenvalue weighted by molar-refractivity contribution is -0.0873. The van der Waals surface area contributed by atoms with E-state index >= 15 is 0 Å². The van der Waals surface area contributed by atoms with Gasteiger partial charge in [0.25, 0.3) is 0 Å². The number of nitrogens with zero attached hydrogens (tertiary/aromatic N) is 1. The van der Waals surface area contributed by atoms with Crippen molar-refractivity contribution in [3.8, 4) is 0 Å². The van der Waals surface area contributed by atoms with Gasteiger partial charge in [0, 0.05) is 13.1 Å². The molecule has 1 heterocycles. The zero-order valence-electron chi connectivity index (χ0n) is 9.87. The minimum Gasteiger partial charge on any atom is -0.378 e. The molecule has 88 valence electrons. The van der Waals surface area contributed by atoms with Crippen molar-refractivity contribution in [2.24, 2.45) is 11.7 Å². The van der Waals surface area contributed by atoms with Crippen LogP contribution in [0.15, 0.2) is 0 Å². The first kappa shape index (κ1) is 11.4. The summed E-state index contributed by atoms with van der Waals surface area (Å²) >= 11 is 0. The summed E-state index contributed by atoms with van der Waals surface area (Å²) < 4.78 is 5.68. The van der Waals surface area contributed by atoms with Gasteiger partial charge in [0.1, 0.15) is 0 Å². The van der Waals surface area contributed by atoms with E-state index in [-0.39, 0.29) is 5.54 Å². The predicted octanol–water partition coefficient (Wildman–Crippen LogP) is 1.23. The molecule has 3 nitrogen and oxygen atoms in total. The Morgan fingerprint density at radius 1 is 1.33 bits per heavy atom. The van der Waals surface area contributed by atoms with Crippen molar-refractivity contribution in [1.29, 1.82) is 0 Å². The van der Waals surface area contributed by atoms with Crippen molar-refractivity contribution < 1.29 is 4.74 Å². The van der Waals surface area contributed by atoms with E-state index in [1.165, 1.54) is 32.1 Å². The average Bonchev–Trinajstić information content (AvgIpc) is 2.31. The number of rotatable bonds is 2. The largest absolute Gasteiger partial charge is 0.378 e. The highest BCUT2D eigenvalue weighted by Gasteiger charge is 2.43. The first-order chi connectivity index (χ1) is 7.29. The zero-order valence-corrected chi connectivity index (χ0v) is 9.87. The van der Waals surface area contributed by atoms with Crippen LogP contribution in [0, 0.1) is 5.92 Å². The highest BCUT2D eigenvalue weighted by Crippen LogP contribution is 2.36. The van der Waals surface area contributed by atoms with Crippen molar-refractivity contribution >= 4 is 0 Å². The van der Waals surface area contributed by atoms with Crippen LogP contribution in [-0.2, 0) is 4.74 Å². The molecule has 0 aromatic rings. The number of ether oxygens (including phenoxy) is 1. The molecule has 0 aromatic heterocycles. The lowest BCUT2D eigenvalue weighted by atomic mass is 9.73. The van der Waals surface area contributed by atoms with Crippen molar-refractivity contribution in [2.75, 3.05) is 33.4 Å². The fourth-order valence-corrected chi connectivity index (χ4v) is 3.23. The lowest BCUT2D eigenvalue weighted by Gasteiger charge is -2.50. The molecule has 2 aliphatic rings. The van der Waals surface area contributed by atoms with Gasteiger partial charge in [-0.15, -0.1) is 0 Å². The quantitative estimate of drug-likeness (QED) is 0.748. The Hall–Kier alpha value is -0.120. The second-order valence-electron chi connectivity index (χ2n) is 5.12. The summed E-state index contributed by atoms with van der Waals surface area (Å²) in [6.07, 6.45) is 6.83. The van der Waals surface area contributed by atoms with E-state index in [1.807, 2.05) is 0 Å². The molecular weight excluding hydrogens is 188 g/mol. The smallest absolute Gasteiger partial charge is 0.0666 e. The third-order valence-corrected chi connectivity index (χ3v) is 4.40.